The number of carbonyl (C=O) groups excluding carboxylic acids is 3. The SMILES string of the molecule is CC.CC.CC(=O)C[C@H](NC(C)=O)C(=O)O.CC(=O)[C@@H](N)Cc1ccc(O)c(O)c1. The number of benzene rings is 1. The van der Waals surface area contributed by atoms with Gasteiger partial charge in [0.25, 0.3) is 0 Å². The van der Waals surface area contributed by atoms with Gasteiger partial charge in [-0.05, 0) is 38.0 Å². The highest BCUT2D eigenvalue weighted by atomic mass is 16.4. The summed E-state index contributed by atoms with van der Waals surface area (Å²) in [5.41, 5.74) is 6.27. The first-order valence-electron chi connectivity index (χ1n) is 9.70. The minimum absolute atomic E-state index is 0.0995. The number of phenols is 2. The topological polar surface area (TPSA) is 167 Å². The minimum atomic E-state index is -1.19. The molecule has 0 aliphatic rings. The van der Waals surface area contributed by atoms with E-state index in [4.69, 9.17) is 15.9 Å². The van der Waals surface area contributed by atoms with Gasteiger partial charge in [-0.2, -0.15) is 0 Å². The molecule has 6 N–H and O–H groups in total. The van der Waals surface area contributed by atoms with E-state index in [1.54, 1.807) is 6.07 Å². The molecule has 9 heteroatoms. The van der Waals surface area contributed by atoms with Crippen LogP contribution in [-0.4, -0.2) is 50.8 Å². The molecule has 0 fully saturated rings. The van der Waals surface area contributed by atoms with Crippen molar-refractivity contribution in [3.05, 3.63) is 23.8 Å². The Hall–Kier alpha value is -2.94. The zero-order chi connectivity index (χ0) is 24.4. The van der Waals surface area contributed by atoms with Gasteiger partial charge in [0.2, 0.25) is 5.91 Å². The molecule has 0 bridgehead atoms. The van der Waals surface area contributed by atoms with Crippen LogP contribution in [0.4, 0.5) is 0 Å². The second-order valence-electron chi connectivity index (χ2n) is 5.74. The number of aliphatic carboxylic acids is 1. The molecule has 0 unspecified atom stereocenters. The van der Waals surface area contributed by atoms with Crippen LogP contribution in [0.3, 0.4) is 0 Å². The Morgan fingerprint density at radius 3 is 1.80 bits per heavy atom. The molecule has 0 aliphatic carbocycles. The summed E-state index contributed by atoms with van der Waals surface area (Å²) in [6.07, 6.45) is 0.193. The van der Waals surface area contributed by atoms with Gasteiger partial charge < -0.3 is 26.4 Å². The number of carboxylic acids is 1. The van der Waals surface area contributed by atoms with Crippen molar-refractivity contribution in [2.75, 3.05) is 0 Å². The van der Waals surface area contributed by atoms with Gasteiger partial charge in [-0.1, -0.05) is 33.8 Å². The summed E-state index contributed by atoms with van der Waals surface area (Å²) >= 11 is 0. The Kier molecular flexibility index (Phi) is 19.2. The van der Waals surface area contributed by atoms with Gasteiger partial charge in [0, 0.05) is 13.3 Å². The molecular weight excluding hydrogens is 392 g/mol. The van der Waals surface area contributed by atoms with Crippen LogP contribution in [-0.2, 0) is 25.6 Å². The summed E-state index contributed by atoms with van der Waals surface area (Å²) in [4.78, 5) is 42.2. The monoisotopic (exact) mass is 428 g/mol. The lowest BCUT2D eigenvalue weighted by Crippen LogP contribution is -2.40. The lowest BCUT2D eigenvalue weighted by atomic mass is 10.0. The van der Waals surface area contributed by atoms with Gasteiger partial charge in [0.05, 0.1) is 6.04 Å². The van der Waals surface area contributed by atoms with E-state index in [-0.39, 0.29) is 29.5 Å². The van der Waals surface area contributed by atoms with Crippen LogP contribution in [0.2, 0.25) is 0 Å². The third kappa shape index (κ3) is 16.1. The molecule has 0 spiro atoms. The van der Waals surface area contributed by atoms with E-state index in [0.717, 1.165) is 5.56 Å². The Bertz CT molecular complexity index is 659. The zero-order valence-electron chi connectivity index (χ0n) is 18.9. The van der Waals surface area contributed by atoms with Crippen LogP contribution in [0.5, 0.6) is 11.5 Å². The van der Waals surface area contributed by atoms with E-state index < -0.39 is 24.0 Å². The molecule has 172 valence electrons. The first-order chi connectivity index (χ1) is 13.9. The lowest BCUT2D eigenvalue weighted by Gasteiger charge is -2.10. The molecule has 2 atom stereocenters. The average Bonchev–Trinajstić information content (AvgIpc) is 2.67. The van der Waals surface area contributed by atoms with Crippen molar-refractivity contribution in [2.45, 2.75) is 73.4 Å². The van der Waals surface area contributed by atoms with Crippen LogP contribution in [0.25, 0.3) is 0 Å². The number of ketones is 2. The van der Waals surface area contributed by atoms with Gasteiger partial charge in [0.1, 0.15) is 17.6 Å². The number of hydrogen-bond donors (Lipinski definition) is 5. The Morgan fingerprint density at radius 2 is 1.47 bits per heavy atom. The molecule has 1 aromatic rings. The summed E-state index contributed by atoms with van der Waals surface area (Å²) in [7, 11) is 0. The molecule has 0 radical (unpaired) electrons. The van der Waals surface area contributed by atoms with Gasteiger partial charge in [0.15, 0.2) is 11.5 Å². The number of phenolic OH excluding ortho intramolecular Hbond substituents is 2. The maximum atomic E-state index is 10.9. The van der Waals surface area contributed by atoms with Crippen LogP contribution in [0.15, 0.2) is 18.2 Å². The number of Topliss-reactive ketones (excluding diaryl/α,β-unsaturated/α-hetero) is 2. The second-order valence-corrected chi connectivity index (χ2v) is 5.74. The molecule has 0 aromatic heterocycles. The number of nitrogens with one attached hydrogen (secondary N) is 1. The molecule has 0 saturated carbocycles. The third-order valence-corrected chi connectivity index (χ3v) is 3.18. The van der Waals surface area contributed by atoms with Gasteiger partial charge >= 0.3 is 5.97 Å². The molecule has 9 nitrogen and oxygen atoms in total. The predicted octanol–water partition coefficient (Wildman–Crippen LogP) is 2.16. The number of amides is 1. The van der Waals surface area contributed by atoms with E-state index in [0.29, 0.717) is 6.42 Å². The summed E-state index contributed by atoms with van der Waals surface area (Å²) in [6.45, 7) is 11.9. The molecule has 1 aromatic carbocycles. The van der Waals surface area contributed by atoms with Gasteiger partial charge in [-0.25, -0.2) is 4.79 Å². The summed E-state index contributed by atoms with van der Waals surface area (Å²) < 4.78 is 0. The number of carbonyl (C=O) groups is 4. The molecule has 1 rings (SSSR count). The smallest absolute Gasteiger partial charge is 0.326 e. The highest BCUT2D eigenvalue weighted by molar-refractivity contribution is 5.87. The minimum Gasteiger partial charge on any atom is -0.504 e. The number of rotatable bonds is 7. The Labute approximate surface area is 178 Å². The fourth-order valence-corrected chi connectivity index (χ4v) is 1.83. The van der Waals surface area contributed by atoms with Crippen molar-refractivity contribution in [3.63, 3.8) is 0 Å². The normalized spacial score (nSPS) is 10.9. The zero-order valence-corrected chi connectivity index (χ0v) is 18.9. The van der Waals surface area contributed by atoms with Crippen molar-refractivity contribution in [3.8, 4) is 11.5 Å². The molecule has 30 heavy (non-hydrogen) atoms. The van der Waals surface area contributed by atoms with E-state index in [9.17, 15) is 24.3 Å². The van der Waals surface area contributed by atoms with Crippen molar-refractivity contribution in [1.82, 2.24) is 5.32 Å². The van der Waals surface area contributed by atoms with E-state index in [1.165, 1.54) is 32.9 Å². The average molecular weight is 429 g/mol. The molecule has 0 heterocycles. The maximum Gasteiger partial charge on any atom is 0.326 e. The summed E-state index contributed by atoms with van der Waals surface area (Å²) in [5, 5.41) is 28.9. The fraction of sp³-hybridized carbons (Fsp3) is 0.524. The molecular formula is C21H36N2O7. The van der Waals surface area contributed by atoms with Crippen molar-refractivity contribution >= 4 is 23.4 Å². The third-order valence-electron chi connectivity index (χ3n) is 3.18. The number of hydrogen-bond acceptors (Lipinski definition) is 7. The number of nitrogens with two attached hydrogens (primary N) is 1. The molecule has 1 amide bonds. The van der Waals surface area contributed by atoms with Gasteiger partial charge in [-0.15, -0.1) is 0 Å². The standard InChI is InChI=1S/C10H13NO3.C7H11NO4.2C2H6/c1-6(12)8(11)4-7-2-3-9(13)10(14)5-7;1-4(9)3-6(7(11)12)8-5(2)10;2*1-2/h2-3,5,8,13-14H,4,11H2,1H3;6H,3H2,1-2H3,(H,8,10)(H,11,12);2*1-2H3/t8-;6-;;/m00../s1. The van der Waals surface area contributed by atoms with Crippen LogP contribution >= 0.6 is 0 Å². The van der Waals surface area contributed by atoms with Crippen LogP contribution in [0.1, 0.15) is 60.5 Å². The Morgan fingerprint density at radius 1 is 0.967 bits per heavy atom. The van der Waals surface area contributed by atoms with E-state index in [2.05, 4.69) is 5.32 Å². The molecule has 0 saturated heterocycles. The summed E-state index contributed by atoms with van der Waals surface area (Å²) in [5.74, 6) is -2.39. The fourth-order valence-electron chi connectivity index (χ4n) is 1.83. The van der Waals surface area contributed by atoms with Crippen LogP contribution in [0, 0.1) is 0 Å². The van der Waals surface area contributed by atoms with Crippen molar-refractivity contribution < 1.29 is 34.5 Å². The van der Waals surface area contributed by atoms with Gasteiger partial charge in [-0.3, -0.25) is 14.4 Å². The Balaban J connectivity index is -0.000000421. The highest BCUT2D eigenvalue weighted by Gasteiger charge is 2.19. The first-order valence-corrected chi connectivity index (χ1v) is 9.70. The second kappa shape index (κ2) is 18.1. The maximum absolute atomic E-state index is 10.9. The van der Waals surface area contributed by atoms with E-state index in [1.807, 2.05) is 27.7 Å². The van der Waals surface area contributed by atoms with E-state index >= 15 is 0 Å². The predicted molar refractivity (Wildman–Crippen MR) is 115 cm³/mol. The first kappa shape index (κ1) is 31.7. The quantitative estimate of drug-likeness (QED) is 0.412. The number of aromatic hydroxyl groups is 2. The number of carboxylic acid groups (broad SMARTS) is 1. The largest absolute Gasteiger partial charge is 0.504 e. The highest BCUT2D eigenvalue weighted by Crippen LogP contribution is 2.25. The molecule has 0 aliphatic heterocycles. The summed E-state index contributed by atoms with van der Waals surface area (Å²) in [6, 6.07) is 2.74. The van der Waals surface area contributed by atoms with Crippen LogP contribution < -0.4 is 11.1 Å². The van der Waals surface area contributed by atoms with Crippen molar-refractivity contribution in [1.29, 1.82) is 0 Å². The van der Waals surface area contributed by atoms with Crippen molar-refractivity contribution in [2.24, 2.45) is 5.73 Å². The lowest BCUT2D eigenvalue weighted by molar-refractivity contribution is -0.143.